The number of nitrogens with zero attached hydrogens (tertiary/aromatic N) is 2. The van der Waals surface area contributed by atoms with E-state index < -0.39 is 0 Å². The van der Waals surface area contributed by atoms with E-state index in [4.69, 9.17) is 4.42 Å². The van der Waals surface area contributed by atoms with E-state index in [-0.39, 0.29) is 25.5 Å². The van der Waals surface area contributed by atoms with Crippen molar-refractivity contribution in [1.82, 2.24) is 9.97 Å². The van der Waals surface area contributed by atoms with Gasteiger partial charge in [-0.1, -0.05) is 87.0 Å². The smallest absolute Gasteiger partial charge is 0.136 e. The Morgan fingerprint density at radius 2 is 1.46 bits per heavy atom. The van der Waals surface area contributed by atoms with Crippen LogP contribution in [0.5, 0.6) is 0 Å². The largest absolute Gasteiger partial charge is 0.456 e. The van der Waals surface area contributed by atoms with Crippen molar-refractivity contribution < 1.29 is 24.5 Å². The minimum absolute atomic E-state index is 0. The molecule has 0 saturated heterocycles. The summed E-state index contributed by atoms with van der Waals surface area (Å²) >= 11 is 0. The fourth-order valence-electron chi connectivity index (χ4n) is 6.14. The zero-order chi connectivity index (χ0) is 32.4. The molecule has 0 saturated carbocycles. The van der Waals surface area contributed by atoms with Gasteiger partial charge in [-0.05, 0) is 70.2 Å². The Balaban J connectivity index is 0.000000241. The molecule has 8 aromatic rings. The maximum absolute atomic E-state index is 6.12. The number of aromatic nitrogens is 2. The number of hydrogen-bond acceptors (Lipinski definition) is 3. The molecule has 4 heteroatoms. The predicted molar refractivity (Wildman–Crippen MR) is 195 cm³/mol. The first-order valence-electron chi connectivity index (χ1n) is 16.0. The van der Waals surface area contributed by atoms with E-state index in [1.165, 1.54) is 32.8 Å². The number of benzene rings is 5. The minimum atomic E-state index is 0. The van der Waals surface area contributed by atoms with E-state index in [0.717, 1.165) is 51.1 Å². The van der Waals surface area contributed by atoms with Crippen LogP contribution in [0.4, 0.5) is 0 Å². The molecule has 0 N–H and O–H groups in total. The van der Waals surface area contributed by atoms with Gasteiger partial charge in [0.2, 0.25) is 0 Å². The van der Waals surface area contributed by atoms with Gasteiger partial charge in [-0.15, -0.1) is 71.3 Å². The molecule has 0 spiro atoms. The van der Waals surface area contributed by atoms with Crippen molar-refractivity contribution in [3.05, 3.63) is 157 Å². The fraction of sp³-hybridized carbons (Fsp3) is 0.136. The fourth-order valence-corrected chi connectivity index (χ4v) is 6.14. The van der Waals surface area contributed by atoms with Crippen molar-refractivity contribution in [3.8, 4) is 33.6 Å². The maximum Gasteiger partial charge on any atom is 0.136 e. The van der Waals surface area contributed by atoms with E-state index in [9.17, 15) is 0 Å². The molecule has 0 bridgehead atoms. The molecule has 3 heterocycles. The molecule has 8 rings (SSSR count). The van der Waals surface area contributed by atoms with Crippen LogP contribution in [0, 0.1) is 24.5 Å². The van der Waals surface area contributed by atoms with Gasteiger partial charge in [0.25, 0.3) is 0 Å². The molecule has 0 aliphatic heterocycles. The Hall–Kier alpha value is -4.89. The first kappa shape index (κ1) is 33.0. The van der Waals surface area contributed by atoms with Crippen molar-refractivity contribution in [3.63, 3.8) is 0 Å². The van der Waals surface area contributed by atoms with Crippen LogP contribution in [0.1, 0.15) is 31.9 Å². The van der Waals surface area contributed by atoms with Gasteiger partial charge in [0.1, 0.15) is 11.2 Å². The third-order valence-corrected chi connectivity index (χ3v) is 8.24. The van der Waals surface area contributed by atoms with Gasteiger partial charge in [-0.25, -0.2) is 0 Å². The Morgan fingerprint density at radius 3 is 2.25 bits per heavy atom. The molecule has 0 amide bonds. The van der Waals surface area contributed by atoms with Crippen LogP contribution in [-0.4, -0.2) is 9.97 Å². The third-order valence-electron chi connectivity index (χ3n) is 8.24. The maximum atomic E-state index is 6.12. The molecular weight excluding hydrogens is 765 g/mol. The molecular formula is C44H36IrN2O-2. The second-order valence-corrected chi connectivity index (χ2v) is 13.2. The molecule has 5 aromatic carbocycles. The molecule has 0 atom stereocenters. The van der Waals surface area contributed by atoms with E-state index in [1.54, 1.807) is 0 Å². The summed E-state index contributed by atoms with van der Waals surface area (Å²) in [5, 5.41) is 4.75. The Kier molecular flexibility index (Phi) is 9.68. The summed E-state index contributed by atoms with van der Waals surface area (Å²) in [5.41, 5.74) is 10.9. The second-order valence-electron chi connectivity index (χ2n) is 13.2. The molecule has 0 fully saturated rings. The van der Waals surface area contributed by atoms with Crippen LogP contribution in [0.25, 0.3) is 66.4 Å². The molecule has 48 heavy (non-hydrogen) atoms. The zero-order valence-corrected chi connectivity index (χ0v) is 29.9. The van der Waals surface area contributed by atoms with E-state index >= 15 is 0 Å². The van der Waals surface area contributed by atoms with Crippen molar-refractivity contribution in [1.29, 1.82) is 0 Å². The van der Waals surface area contributed by atoms with Gasteiger partial charge in [-0.3, -0.25) is 0 Å². The summed E-state index contributed by atoms with van der Waals surface area (Å²) in [5.74, 6) is 0. The van der Waals surface area contributed by atoms with Crippen molar-refractivity contribution in [2.24, 2.45) is 5.41 Å². The summed E-state index contributed by atoms with van der Waals surface area (Å²) in [6, 6.07) is 48.2. The topological polar surface area (TPSA) is 38.9 Å². The zero-order valence-electron chi connectivity index (χ0n) is 27.5. The summed E-state index contributed by atoms with van der Waals surface area (Å²) < 4.78 is 6.12. The van der Waals surface area contributed by atoms with Crippen molar-refractivity contribution in [2.45, 2.75) is 34.1 Å². The number of hydrogen-bond donors (Lipinski definition) is 0. The van der Waals surface area contributed by atoms with Crippen LogP contribution in [0.15, 0.2) is 138 Å². The average molecular weight is 801 g/mol. The quantitative estimate of drug-likeness (QED) is 0.166. The molecule has 3 nitrogen and oxygen atoms in total. The minimum Gasteiger partial charge on any atom is -0.456 e. The van der Waals surface area contributed by atoms with Gasteiger partial charge in [0, 0.05) is 43.3 Å². The molecule has 239 valence electrons. The number of pyridine rings is 2. The van der Waals surface area contributed by atoms with Crippen LogP contribution in [0.3, 0.4) is 0 Å². The molecule has 1 radical (unpaired) electrons. The average Bonchev–Trinajstić information content (AvgIpc) is 3.48. The first-order valence-corrected chi connectivity index (χ1v) is 16.0. The number of furan rings is 1. The SMILES string of the molecule is CC(C)(C)Cc1ccnc(-c2[c-]ccc(-c3cccc4c3ccc3oc5ccccc5c34)c2)c1.Cc1ccc(-c2[c-]cccc2)nc1.[Ir]. The summed E-state index contributed by atoms with van der Waals surface area (Å²) in [7, 11) is 0. The molecule has 0 unspecified atom stereocenters. The monoisotopic (exact) mass is 801 g/mol. The normalized spacial score (nSPS) is 11.2. The van der Waals surface area contributed by atoms with Crippen molar-refractivity contribution >= 4 is 32.7 Å². The van der Waals surface area contributed by atoms with Crippen LogP contribution in [-0.2, 0) is 26.5 Å². The summed E-state index contributed by atoms with van der Waals surface area (Å²) in [6.07, 6.45) is 4.80. The van der Waals surface area contributed by atoms with E-state index in [1.807, 2.05) is 67.8 Å². The molecule has 0 aliphatic rings. The van der Waals surface area contributed by atoms with E-state index in [0.29, 0.717) is 0 Å². The second kappa shape index (κ2) is 14.1. The van der Waals surface area contributed by atoms with Crippen LogP contribution in [0.2, 0.25) is 0 Å². The summed E-state index contributed by atoms with van der Waals surface area (Å²) in [4.78, 5) is 8.98. The van der Waals surface area contributed by atoms with Gasteiger partial charge in [0.05, 0.1) is 0 Å². The van der Waals surface area contributed by atoms with Gasteiger partial charge < -0.3 is 14.4 Å². The summed E-state index contributed by atoms with van der Waals surface area (Å²) in [6.45, 7) is 8.83. The van der Waals surface area contributed by atoms with Crippen LogP contribution < -0.4 is 0 Å². The Morgan fingerprint density at radius 1 is 0.646 bits per heavy atom. The van der Waals surface area contributed by atoms with Gasteiger partial charge >= 0.3 is 0 Å². The standard InChI is InChI=1S/C32H26NO.C12H10N.Ir/c1-32(2,3)20-21-16-17-33-28(18-21)23-9-6-8-22(19-23)24-11-7-12-26-25(24)14-15-30-31(26)27-10-4-5-13-29(27)34-30;1-10-7-8-12(13-9-10)11-5-3-2-4-6-11;/h4-8,10-19H,20H2,1-3H3;2-5,7-9H,1H3;/q2*-1;. The number of rotatable bonds is 4. The third kappa shape index (κ3) is 7.16. The van der Waals surface area contributed by atoms with Gasteiger partial charge in [0.15, 0.2) is 0 Å². The van der Waals surface area contributed by atoms with Crippen molar-refractivity contribution in [2.75, 3.05) is 0 Å². The van der Waals surface area contributed by atoms with Gasteiger partial charge in [-0.2, -0.15) is 0 Å². The Bertz CT molecular complexity index is 2320. The number of para-hydroxylation sites is 1. The molecule has 0 aliphatic carbocycles. The number of aryl methyl sites for hydroxylation is 1. The predicted octanol–water partition coefficient (Wildman–Crippen LogP) is 11.7. The van der Waals surface area contributed by atoms with E-state index in [2.05, 4.69) is 116 Å². The first-order chi connectivity index (χ1) is 22.8. The van der Waals surface area contributed by atoms with Crippen LogP contribution >= 0.6 is 0 Å². The molecule has 3 aromatic heterocycles. The number of fused-ring (bicyclic) bond motifs is 5. The Labute approximate surface area is 296 Å².